The van der Waals surface area contributed by atoms with Gasteiger partial charge in [0.05, 0.1) is 48.2 Å². The van der Waals surface area contributed by atoms with Crippen molar-refractivity contribution in [1.82, 2.24) is 9.97 Å². The van der Waals surface area contributed by atoms with Crippen LogP contribution in [0.4, 0.5) is 11.4 Å². The Morgan fingerprint density at radius 2 is 1.18 bits per heavy atom. The first-order valence-electron chi connectivity index (χ1n) is 15.5. The molecular weight excluding hydrogens is 568 g/mol. The second-order valence-corrected chi connectivity index (χ2v) is 12.4. The minimum absolute atomic E-state index is 0.296. The third kappa shape index (κ3) is 6.68. The predicted octanol–water partition coefficient (Wildman–Crippen LogP) is 3.46. The summed E-state index contributed by atoms with van der Waals surface area (Å²) in [4.78, 5) is 30.8. The number of nitrogens with two attached hydrogens (primary N) is 2. The summed E-state index contributed by atoms with van der Waals surface area (Å²) in [6, 6.07) is 3.63. The molecule has 240 valence electrons. The SMILES string of the molecule is CC(=O)O[C@@H]1C[C@H](c2ccncc2N)O[C@@H]2CCCC[C@]12O.CC(=O)O[C@H]1C[C@@H](c2ccncc2N)O[C@H]2CCCC[C@@]12O. The molecule has 0 aromatic carbocycles. The number of esters is 2. The highest BCUT2D eigenvalue weighted by Crippen LogP contribution is 2.47. The molecule has 0 unspecified atom stereocenters. The highest BCUT2D eigenvalue weighted by molar-refractivity contribution is 5.66. The summed E-state index contributed by atoms with van der Waals surface area (Å²) in [5.74, 6) is -0.766. The van der Waals surface area contributed by atoms with Gasteiger partial charge in [-0.15, -0.1) is 0 Å². The maximum Gasteiger partial charge on any atom is 0.303 e. The summed E-state index contributed by atoms with van der Waals surface area (Å²) in [6.45, 7) is 2.74. The summed E-state index contributed by atoms with van der Waals surface area (Å²) in [5, 5.41) is 22.0. The zero-order valence-electron chi connectivity index (χ0n) is 25.4. The fourth-order valence-electron chi connectivity index (χ4n) is 7.23. The highest BCUT2D eigenvalue weighted by Gasteiger charge is 2.54. The van der Waals surface area contributed by atoms with Gasteiger partial charge in [0.2, 0.25) is 0 Å². The van der Waals surface area contributed by atoms with Crippen molar-refractivity contribution in [2.75, 3.05) is 11.5 Å². The van der Waals surface area contributed by atoms with E-state index in [1.54, 1.807) is 24.8 Å². The maximum absolute atomic E-state index is 11.4. The van der Waals surface area contributed by atoms with E-state index in [4.69, 9.17) is 30.4 Å². The Bertz CT molecular complexity index is 1230. The van der Waals surface area contributed by atoms with E-state index >= 15 is 0 Å². The molecule has 44 heavy (non-hydrogen) atoms. The Labute approximate surface area is 257 Å². The molecule has 4 aliphatic rings. The molecule has 4 heterocycles. The van der Waals surface area contributed by atoms with Crippen LogP contribution in [0.5, 0.6) is 0 Å². The fourth-order valence-corrected chi connectivity index (χ4v) is 7.23. The second kappa shape index (κ2) is 13.4. The van der Waals surface area contributed by atoms with Crippen LogP contribution < -0.4 is 11.5 Å². The molecule has 2 aliphatic carbocycles. The number of fused-ring (bicyclic) bond motifs is 2. The molecular formula is C32H44N4O8. The molecule has 0 bridgehead atoms. The van der Waals surface area contributed by atoms with Gasteiger partial charge < -0.3 is 40.6 Å². The lowest BCUT2D eigenvalue weighted by molar-refractivity contribution is -0.249. The average Bonchev–Trinajstić information content (AvgIpc) is 2.98. The number of ether oxygens (including phenoxy) is 4. The van der Waals surface area contributed by atoms with Gasteiger partial charge in [0.1, 0.15) is 23.4 Å². The number of carbonyl (C=O) groups is 2. The monoisotopic (exact) mass is 612 g/mol. The molecule has 2 aliphatic heterocycles. The van der Waals surface area contributed by atoms with E-state index < -0.39 is 23.4 Å². The van der Waals surface area contributed by atoms with Gasteiger partial charge in [-0.2, -0.15) is 0 Å². The lowest BCUT2D eigenvalue weighted by Crippen LogP contribution is -2.60. The number of aromatic nitrogens is 2. The number of anilines is 2. The molecule has 12 nitrogen and oxygen atoms in total. The van der Waals surface area contributed by atoms with Gasteiger partial charge in [0.25, 0.3) is 0 Å². The van der Waals surface area contributed by atoms with Crippen LogP contribution in [-0.2, 0) is 28.5 Å². The molecule has 2 saturated heterocycles. The van der Waals surface area contributed by atoms with E-state index in [-0.39, 0.29) is 36.4 Å². The number of aliphatic hydroxyl groups is 2. The van der Waals surface area contributed by atoms with Crippen molar-refractivity contribution < 1.29 is 38.7 Å². The first-order valence-corrected chi connectivity index (χ1v) is 15.5. The first kappa shape index (κ1) is 32.1. The highest BCUT2D eigenvalue weighted by atomic mass is 16.6. The largest absolute Gasteiger partial charge is 0.459 e. The number of nitrogens with zero attached hydrogens (tertiary/aromatic N) is 2. The van der Waals surface area contributed by atoms with Crippen LogP contribution in [0.25, 0.3) is 0 Å². The van der Waals surface area contributed by atoms with Gasteiger partial charge >= 0.3 is 11.9 Å². The van der Waals surface area contributed by atoms with E-state index in [1.165, 1.54) is 13.8 Å². The minimum Gasteiger partial charge on any atom is -0.459 e. The summed E-state index contributed by atoms with van der Waals surface area (Å²) >= 11 is 0. The Hall–Kier alpha value is -3.32. The van der Waals surface area contributed by atoms with E-state index in [1.807, 2.05) is 12.1 Å². The predicted molar refractivity (Wildman–Crippen MR) is 160 cm³/mol. The van der Waals surface area contributed by atoms with Crippen molar-refractivity contribution in [3.05, 3.63) is 48.0 Å². The van der Waals surface area contributed by atoms with Crippen LogP contribution in [0.2, 0.25) is 0 Å². The van der Waals surface area contributed by atoms with Crippen LogP contribution in [0.3, 0.4) is 0 Å². The summed E-state index contributed by atoms with van der Waals surface area (Å²) in [7, 11) is 0. The van der Waals surface area contributed by atoms with Crippen molar-refractivity contribution >= 4 is 23.3 Å². The molecule has 2 saturated carbocycles. The van der Waals surface area contributed by atoms with E-state index in [2.05, 4.69) is 9.97 Å². The Morgan fingerprint density at radius 1 is 0.773 bits per heavy atom. The number of hydrogen-bond donors (Lipinski definition) is 4. The number of rotatable bonds is 4. The third-order valence-corrected chi connectivity index (χ3v) is 9.42. The van der Waals surface area contributed by atoms with Crippen molar-refractivity contribution in [3.63, 3.8) is 0 Å². The number of carbonyl (C=O) groups excluding carboxylic acids is 2. The molecule has 0 spiro atoms. The fraction of sp³-hybridized carbons (Fsp3) is 0.625. The minimum atomic E-state index is -1.10. The molecule has 0 amide bonds. The summed E-state index contributed by atoms with van der Waals surface area (Å²) in [5.41, 5.74) is 12.6. The number of hydrogen-bond acceptors (Lipinski definition) is 12. The molecule has 2 aromatic rings. The first-order chi connectivity index (χ1) is 21.0. The second-order valence-electron chi connectivity index (χ2n) is 12.4. The Kier molecular flexibility index (Phi) is 9.74. The van der Waals surface area contributed by atoms with Gasteiger partial charge in [0.15, 0.2) is 0 Å². The topological polar surface area (TPSA) is 189 Å². The van der Waals surface area contributed by atoms with Crippen LogP contribution >= 0.6 is 0 Å². The standard InChI is InChI=1S/2C16H22N2O4/c2*1-10(19)21-15-8-13(11-5-7-18-9-12(11)17)22-14-4-2-3-6-16(14,15)20/h2*5,7,9,13-15,20H,2-4,6,8,17H2,1H3/t2*13-,14-,15-,16-/m10/s1. The third-order valence-electron chi connectivity index (χ3n) is 9.42. The molecule has 6 N–H and O–H groups in total. The van der Waals surface area contributed by atoms with Crippen LogP contribution in [0, 0.1) is 0 Å². The van der Waals surface area contributed by atoms with Crippen molar-refractivity contribution in [1.29, 1.82) is 0 Å². The lowest BCUT2D eigenvalue weighted by Gasteiger charge is -2.50. The van der Waals surface area contributed by atoms with Gasteiger partial charge in [0, 0.05) is 50.2 Å². The van der Waals surface area contributed by atoms with Crippen LogP contribution in [-0.4, -0.2) is 67.7 Å². The van der Waals surface area contributed by atoms with Crippen molar-refractivity contribution in [2.24, 2.45) is 0 Å². The zero-order valence-corrected chi connectivity index (χ0v) is 25.4. The number of nitrogen functional groups attached to an aromatic ring is 2. The summed E-state index contributed by atoms with van der Waals surface area (Å²) in [6.07, 6.45) is 11.4. The van der Waals surface area contributed by atoms with E-state index in [0.29, 0.717) is 37.1 Å². The van der Waals surface area contributed by atoms with Gasteiger partial charge in [-0.1, -0.05) is 25.7 Å². The smallest absolute Gasteiger partial charge is 0.303 e. The van der Waals surface area contributed by atoms with Crippen molar-refractivity contribution in [3.8, 4) is 0 Å². The normalized spacial score (nSPS) is 34.7. The lowest BCUT2D eigenvalue weighted by atomic mass is 9.74. The van der Waals surface area contributed by atoms with E-state index in [0.717, 1.165) is 49.7 Å². The van der Waals surface area contributed by atoms with Gasteiger partial charge in [-0.05, 0) is 37.8 Å². The molecule has 8 atom stereocenters. The summed E-state index contributed by atoms with van der Waals surface area (Å²) < 4.78 is 23.1. The molecule has 0 radical (unpaired) electrons. The quantitative estimate of drug-likeness (QED) is 0.369. The molecule has 12 heteroatoms. The van der Waals surface area contributed by atoms with Gasteiger partial charge in [-0.25, -0.2) is 0 Å². The van der Waals surface area contributed by atoms with Crippen LogP contribution in [0.1, 0.15) is 101 Å². The van der Waals surface area contributed by atoms with E-state index in [9.17, 15) is 19.8 Å². The average molecular weight is 613 g/mol. The molecule has 4 fully saturated rings. The number of pyridine rings is 2. The van der Waals surface area contributed by atoms with Crippen LogP contribution in [0.15, 0.2) is 36.9 Å². The molecule has 6 rings (SSSR count). The Balaban J connectivity index is 0.000000175. The van der Waals surface area contributed by atoms with Crippen molar-refractivity contribution in [2.45, 2.75) is 126 Å². The van der Waals surface area contributed by atoms with Gasteiger partial charge in [-0.3, -0.25) is 19.6 Å². The molecule has 2 aromatic heterocycles. The maximum atomic E-state index is 11.4. The zero-order chi connectivity index (χ0) is 31.5. The Morgan fingerprint density at radius 3 is 1.55 bits per heavy atom.